The van der Waals surface area contributed by atoms with Gasteiger partial charge in [0.1, 0.15) is 23.2 Å². The van der Waals surface area contributed by atoms with Crippen molar-refractivity contribution in [3.8, 4) is 0 Å². The molecule has 3 heteroatoms. The van der Waals surface area contributed by atoms with Gasteiger partial charge in [-0.3, -0.25) is 0 Å². The molecule has 0 spiro atoms. The number of allylic oxidation sites excluding steroid dienone is 2. The van der Waals surface area contributed by atoms with Crippen molar-refractivity contribution in [3.63, 3.8) is 0 Å². The summed E-state index contributed by atoms with van der Waals surface area (Å²) < 4.78 is 1.28. The average molecular weight is 640 g/mol. The summed E-state index contributed by atoms with van der Waals surface area (Å²) in [5.41, 5.74) is 0. The number of rotatable bonds is 11. The van der Waals surface area contributed by atoms with Gasteiger partial charge in [-0.25, -0.2) is 0 Å². The van der Waals surface area contributed by atoms with Crippen LogP contribution in [-0.2, 0) is 0 Å². The smallest absolute Gasteiger partial charge is 0.115 e. The van der Waals surface area contributed by atoms with Gasteiger partial charge in [0.15, 0.2) is 0 Å². The molecule has 0 saturated heterocycles. The summed E-state index contributed by atoms with van der Waals surface area (Å²) in [5.74, 6) is 0. The lowest BCUT2D eigenvalue weighted by atomic mass is 10.1. The third kappa shape index (κ3) is 6.90. The number of unbranched alkanes of at least 4 members (excludes halogenated alkanes) is 4. The van der Waals surface area contributed by atoms with E-state index < -0.39 is 7.26 Å². The van der Waals surface area contributed by atoms with E-state index in [1.54, 1.807) is 0 Å². The van der Waals surface area contributed by atoms with Crippen molar-refractivity contribution < 1.29 is 24.0 Å². The van der Waals surface area contributed by atoms with Crippen LogP contribution >= 0.6 is 29.9 Å². The van der Waals surface area contributed by atoms with Gasteiger partial charge in [0, 0.05) is 0 Å². The highest BCUT2D eigenvalue weighted by Gasteiger charge is 2.43. The van der Waals surface area contributed by atoms with E-state index in [0.717, 1.165) is 6.16 Å². The first-order chi connectivity index (χ1) is 14.4. The molecule has 0 N–H and O–H groups in total. The van der Waals surface area contributed by atoms with Crippen LogP contribution in [0, 0.1) is 0 Å². The Bertz CT molecular complexity index is 751. The maximum absolute atomic E-state index is 2.48. The van der Waals surface area contributed by atoms with Crippen LogP contribution in [0.5, 0.6) is 0 Å². The van der Waals surface area contributed by atoms with E-state index in [4.69, 9.17) is 0 Å². The standard InChI is InChI=1S/C27H31IP.HI/c28-23-15-4-2-1-3-5-16-24-29(25-17-9-6-10-18-25,26-19-11-7-12-20-26)27-21-13-8-14-22-27;/h5-14,16-22H,1-4,15,23-24H2;1H/q+1;/p-1. The molecule has 0 unspecified atom stereocenters. The minimum absolute atomic E-state index is 0. The third-order valence-electron chi connectivity index (χ3n) is 5.39. The summed E-state index contributed by atoms with van der Waals surface area (Å²) in [6.07, 6.45) is 12.5. The topological polar surface area (TPSA) is 0 Å². The zero-order chi connectivity index (χ0) is 20.2. The van der Waals surface area contributed by atoms with Crippen LogP contribution in [0.3, 0.4) is 0 Å². The number of hydrogen-bond acceptors (Lipinski definition) is 0. The van der Waals surface area contributed by atoms with E-state index in [1.807, 2.05) is 0 Å². The monoisotopic (exact) mass is 640 g/mol. The minimum atomic E-state index is -1.71. The van der Waals surface area contributed by atoms with E-state index in [9.17, 15) is 0 Å². The van der Waals surface area contributed by atoms with Crippen molar-refractivity contribution in [2.24, 2.45) is 0 Å². The van der Waals surface area contributed by atoms with Gasteiger partial charge in [-0.2, -0.15) is 0 Å². The molecule has 0 aromatic heterocycles. The van der Waals surface area contributed by atoms with Crippen LogP contribution in [-0.4, -0.2) is 10.6 Å². The highest BCUT2D eigenvalue weighted by atomic mass is 127. The molecule has 0 saturated carbocycles. The molecular formula is C27H31I2P. The summed E-state index contributed by atoms with van der Waals surface area (Å²) in [5, 5.41) is 4.39. The second kappa shape index (κ2) is 14.4. The van der Waals surface area contributed by atoms with Crippen molar-refractivity contribution in [2.75, 3.05) is 10.6 Å². The Hall–Kier alpha value is -0.710. The van der Waals surface area contributed by atoms with Crippen LogP contribution < -0.4 is 39.9 Å². The number of alkyl halides is 1. The van der Waals surface area contributed by atoms with Gasteiger partial charge in [-0.05, 0) is 60.1 Å². The second-order valence-electron chi connectivity index (χ2n) is 7.36. The average Bonchev–Trinajstić information content (AvgIpc) is 2.80. The fraction of sp³-hybridized carbons (Fsp3) is 0.259. The molecule has 3 aromatic rings. The van der Waals surface area contributed by atoms with Gasteiger partial charge in [0.05, 0.1) is 6.16 Å². The maximum Gasteiger partial charge on any atom is 0.115 e. The molecule has 30 heavy (non-hydrogen) atoms. The van der Waals surface area contributed by atoms with E-state index >= 15 is 0 Å². The highest BCUT2D eigenvalue weighted by Crippen LogP contribution is 2.55. The first kappa shape index (κ1) is 25.5. The molecule has 158 valence electrons. The zero-order valence-corrected chi connectivity index (χ0v) is 22.7. The minimum Gasteiger partial charge on any atom is -1.00 e. The van der Waals surface area contributed by atoms with Gasteiger partial charge in [-0.1, -0.05) is 102 Å². The van der Waals surface area contributed by atoms with Gasteiger partial charge >= 0.3 is 0 Å². The second-order valence-corrected chi connectivity index (χ2v) is 12.0. The predicted octanol–water partition coefficient (Wildman–Crippen LogP) is 3.93. The maximum atomic E-state index is 2.48. The van der Waals surface area contributed by atoms with E-state index in [2.05, 4.69) is 126 Å². The molecule has 0 atom stereocenters. The summed E-state index contributed by atoms with van der Waals surface area (Å²) in [6, 6.07) is 33.4. The molecule has 0 fully saturated rings. The highest BCUT2D eigenvalue weighted by molar-refractivity contribution is 14.1. The van der Waals surface area contributed by atoms with Crippen molar-refractivity contribution in [1.29, 1.82) is 0 Å². The molecule has 0 nitrogen and oxygen atoms in total. The first-order valence-electron chi connectivity index (χ1n) is 10.6. The normalized spacial score (nSPS) is 11.4. The van der Waals surface area contributed by atoms with Crippen molar-refractivity contribution in [1.82, 2.24) is 0 Å². The molecule has 0 bridgehead atoms. The Morgan fingerprint density at radius 1 is 0.567 bits per heavy atom. The van der Waals surface area contributed by atoms with Crippen LogP contribution in [0.4, 0.5) is 0 Å². The van der Waals surface area contributed by atoms with Gasteiger partial charge in [0.2, 0.25) is 0 Å². The van der Waals surface area contributed by atoms with Crippen LogP contribution in [0.2, 0.25) is 0 Å². The van der Waals surface area contributed by atoms with Crippen molar-refractivity contribution in [2.45, 2.75) is 32.1 Å². The molecule has 0 aliphatic rings. The number of halogens is 2. The third-order valence-corrected chi connectivity index (χ3v) is 10.5. The SMILES string of the molecule is ICCCCCCC=CC[P+](c1ccccc1)(c1ccccc1)c1ccccc1.[I-]. The van der Waals surface area contributed by atoms with Gasteiger partial charge < -0.3 is 24.0 Å². The summed E-state index contributed by atoms with van der Waals surface area (Å²) >= 11 is 2.48. The fourth-order valence-corrected chi connectivity index (χ4v) is 8.45. The summed E-state index contributed by atoms with van der Waals surface area (Å²) in [6.45, 7) is 0. The van der Waals surface area contributed by atoms with Gasteiger partial charge in [0.25, 0.3) is 0 Å². The predicted molar refractivity (Wildman–Crippen MR) is 141 cm³/mol. The molecule has 0 heterocycles. The van der Waals surface area contributed by atoms with E-state index in [1.165, 1.54) is 52.4 Å². The Kier molecular flexibility index (Phi) is 12.2. The molecule has 3 rings (SSSR count). The zero-order valence-electron chi connectivity index (χ0n) is 17.5. The van der Waals surface area contributed by atoms with E-state index in [-0.39, 0.29) is 24.0 Å². The fourth-order valence-electron chi connectivity index (χ4n) is 3.87. The summed E-state index contributed by atoms with van der Waals surface area (Å²) in [4.78, 5) is 0. The molecule has 0 radical (unpaired) electrons. The lowest BCUT2D eigenvalue weighted by Crippen LogP contribution is -3.00. The Labute approximate surface area is 214 Å². The largest absolute Gasteiger partial charge is 1.00 e. The lowest BCUT2D eigenvalue weighted by Gasteiger charge is -2.26. The molecule has 0 amide bonds. The van der Waals surface area contributed by atoms with Crippen LogP contribution in [0.1, 0.15) is 32.1 Å². The summed E-state index contributed by atoms with van der Waals surface area (Å²) in [7, 11) is -1.71. The number of hydrogen-bond donors (Lipinski definition) is 0. The molecule has 0 aliphatic carbocycles. The number of benzene rings is 3. The molecule has 3 aromatic carbocycles. The van der Waals surface area contributed by atoms with Crippen LogP contribution in [0.15, 0.2) is 103 Å². The van der Waals surface area contributed by atoms with E-state index in [0.29, 0.717) is 0 Å². The quantitative estimate of drug-likeness (QED) is 0.0981. The Morgan fingerprint density at radius 3 is 1.43 bits per heavy atom. The Morgan fingerprint density at radius 2 is 1.00 bits per heavy atom. The van der Waals surface area contributed by atoms with Crippen molar-refractivity contribution in [3.05, 3.63) is 103 Å². The lowest BCUT2D eigenvalue weighted by molar-refractivity contribution is -0.00000560. The molecular weight excluding hydrogens is 609 g/mol. The molecule has 0 aliphatic heterocycles. The van der Waals surface area contributed by atoms with Gasteiger partial charge in [-0.15, -0.1) is 0 Å². The first-order valence-corrected chi connectivity index (χ1v) is 14.1. The van der Waals surface area contributed by atoms with Crippen LogP contribution in [0.25, 0.3) is 0 Å². The van der Waals surface area contributed by atoms with Crippen molar-refractivity contribution >= 4 is 45.8 Å². The Balaban J connectivity index is 0.00000320.